The van der Waals surface area contributed by atoms with Gasteiger partial charge in [0.05, 0.1) is 36.6 Å². The third-order valence-corrected chi connectivity index (χ3v) is 5.59. The Kier molecular flexibility index (Phi) is 4.55. The lowest BCUT2D eigenvalue weighted by Gasteiger charge is -2.28. The van der Waals surface area contributed by atoms with Crippen LogP contribution in [0.4, 0.5) is 14.7 Å². The summed E-state index contributed by atoms with van der Waals surface area (Å²) in [5.41, 5.74) is 0.804. The Morgan fingerprint density at radius 1 is 1.23 bits per heavy atom. The molecule has 0 unspecified atom stereocenters. The number of halogens is 2. The number of nitrogens with zero attached hydrogens (tertiary/aromatic N) is 4. The van der Waals surface area contributed by atoms with Gasteiger partial charge in [0, 0.05) is 6.61 Å². The summed E-state index contributed by atoms with van der Waals surface area (Å²) in [6.07, 6.45) is 0.856. The smallest absolute Gasteiger partial charge is 0.223 e. The summed E-state index contributed by atoms with van der Waals surface area (Å²) in [5.74, 6) is -0.125. The van der Waals surface area contributed by atoms with E-state index in [0.717, 1.165) is 6.20 Å². The van der Waals surface area contributed by atoms with Crippen LogP contribution in [-0.2, 0) is 4.74 Å². The fourth-order valence-electron chi connectivity index (χ4n) is 4.14. The second-order valence-electron chi connectivity index (χ2n) is 7.69. The van der Waals surface area contributed by atoms with Crippen LogP contribution in [0.25, 0.3) is 22.3 Å². The van der Waals surface area contributed by atoms with Gasteiger partial charge in [0.15, 0.2) is 17.4 Å². The van der Waals surface area contributed by atoms with Gasteiger partial charge in [-0.2, -0.15) is 0 Å². The van der Waals surface area contributed by atoms with E-state index >= 15 is 0 Å². The highest BCUT2D eigenvalue weighted by molar-refractivity contribution is 5.92. The monoisotopic (exact) mass is 417 g/mol. The zero-order valence-electron chi connectivity index (χ0n) is 16.5. The Labute approximate surface area is 170 Å². The van der Waals surface area contributed by atoms with Crippen molar-refractivity contribution in [1.82, 2.24) is 19.5 Å². The van der Waals surface area contributed by atoms with Crippen LogP contribution in [0.2, 0.25) is 0 Å². The molecule has 10 heteroatoms. The van der Waals surface area contributed by atoms with Crippen molar-refractivity contribution in [2.75, 3.05) is 25.1 Å². The van der Waals surface area contributed by atoms with Crippen LogP contribution >= 0.6 is 0 Å². The van der Waals surface area contributed by atoms with Crippen molar-refractivity contribution in [2.24, 2.45) is 0 Å². The van der Waals surface area contributed by atoms with Crippen LogP contribution in [0, 0.1) is 18.6 Å². The largest absolute Gasteiger partial charge is 0.488 e. The lowest BCUT2D eigenvalue weighted by Crippen LogP contribution is -2.42. The van der Waals surface area contributed by atoms with E-state index in [1.165, 1.54) is 6.07 Å². The molecule has 8 nitrogen and oxygen atoms in total. The van der Waals surface area contributed by atoms with Gasteiger partial charge >= 0.3 is 0 Å². The molecule has 1 fully saturated rings. The van der Waals surface area contributed by atoms with Crippen molar-refractivity contribution in [1.29, 1.82) is 0 Å². The minimum Gasteiger partial charge on any atom is -0.488 e. The molecular formula is C20H21F2N5O3. The Balaban J connectivity index is 1.62. The Hall–Kier alpha value is -2.85. The molecule has 30 heavy (non-hydrogen) atoms. The van der Waals surface area contributed by atoms with Crippen molar-refractivity contribution >= 4 is 17.0 Å². The molecule has 1 saturated heterocycles. The third kappa shape index (κ3) is 2.98. The van der Waals surface area contributed by atoms with Gasteiger partial charge in [-0.05, 0) is 26.3 Å². The topological polar surface area (TPSA) is 94.3 Å². The lowest BCUT2D eigenvalue weighted by molar-refractivity contribution is -0.0136. The van der Waals surface area contributed by atoms with E-state index < -0.39 is 17.7 Å². The maximum Gasteiger partial charge on any atom is 0.223 e. The second-order valence-corrected chi connectivity index (χ2v) is 7.69. The summed E-state index contributed by atoms with van der Waals surface area (Å²) in [4.78, 5) is 12.6. The maximum absolute atomic E-state index is 14.9. The fraction of sp³-hybridized carbons (Fsp3) is 0.450. The van der Waals surface area contributed by atoms with Crippen molar-refractivity contribution in [2.45, 2.75) is 38.5 Å². The number of aliphatic hydroxyl groups is 1. The first-order valence-corrected chi connectivity index (χ1v) is 9.83. The summed E-state index contributed by atoms with van der Waals surface area (Å²) >= 11 is 0. The number of nitrogens with one attached hydrogen (secondary N) is 1. The van der Waals surface area contributed by atoms with Crippen molar-refractivity contribution < 1.29 is 23.4 Å². The van der Waals surface area contributed by atoms with E-state index in [0.29, 0.717) is 36.7 Å². The van der Waals surface area contributed by atoms with Crippen LogP contribution in [0.5, 0.6) is 5.75 Å². The number of rotatable bonds is 3. The normalized spacial score (nSPS) is 23.4. The molecule has 4 heterocycles. The zero-order valence-corrected chi connectivity index (χ0v) is 16.5. The van der Waals surface area contributed by atoms with E-state index in [1.807, 2.05) is 11.5 Å². The summed E-state index contributed by atoms with van der Waals surface area (Å²) in [6.45, 7) is 4.80. The summed E-state index contributed by atoms with van der Waals surface area (Å²) in [7, 11) is 0. The molecule has 0 aliphatic carbocycles. The van der Waals surface area contributed by atoms with Crippen molar-refractivity contribution in [3.8, 4) is 17.0 Å². The number of aryl methyl sites for hydroxylation is 1. The van der Waals surface area contributed by atoms with Crippen LogP contribution in [-0.4, -0.2) is 56.6 Å². The van der Waals surface area contributed by atoms with E-state index in [4.69, 9.17) is 9.47 Å². The molecule has 0 saturated carbocycles. The van der Waals surface area contributed by atoms with Gasteiger partial charge in [-0.1, -0.05) is 0 Å². The van der Waals surface area contributed by atoms with Crippen LogP contribution < -0.4 is 10.1 Å². The molecule has 2 aliphatic heterocycles. The minimum atomic E-state index is -0.729. The van der Waals surface area contributed by atoms with Gasteiger partial charge in [0.1, 0.15) is 29.2 Å². The number of hydrogen-bond donors (Lipinski definition) is 2. The number of benzene rings is 1. The van der Waals surface area contributed by atoms with Gasteiger partial charge < -0.3 is 24.5 Å². The molecular weight excluding hydrogens is 396 g/mol. The van der Waals surface area contributed by atoms with E-state index in [1.54, 1.807) is 6.92 Å². The molecule has 3 aromatic rings. The molecule has 1 aromatic carbocycles. The first-order valence-electron chi connectivity index (χ1n) is 9.83. The second kappa shape index (κ2) is 7.13. The average molecular weight is 417 g/mol. The molecule has 2 aliphatic rings. The quantitative estimate of drug-likeness (QED) is 0.677. The van der Waals surface area contributed by atoms with Crippen molar-refractivity contribution in [3.63, 3.8) is 0 Å². The van der Waals surface area contributed by atoms with Gasteiger partial charge in [-0.15, -0.1) is 0 Å². The Bertz CT molecular complexity index is 1140. The van der Waals surface area contributed by atoms with E-state index in [2.05, 4.69) is 20.3 Å². The molecule has 0 radical (unpaired) electrons. The molecule has 2 N–H and O–H groups in total. The number of ether oxygens (including phenoxy) is 2. The highest BCUT2D eigenvalue weighted by atomic mass is 19.1. The third-order valence-electron chi connectivity index (χ3n) is 5.59. The molecule has 0 amide bonds. The first-order chi connectivity index (χ1) is 14.4. The Morgan fingerprint density at radius 2 is 2.07 bits per heavy atom. The number of aliphatic hydroxyl groups excluding tert-OH is 1. The SMILES string of the molecule is Cc1nc2c(F)cc(-c3nc(N[C@@H]4CCOC[C@H]4O)ncc3F)c3c2n1[C@H](C)CO3. The average Bonchev–Trinajstić information content (AvgIpc) is 3.08. The number of hydrogen-bond acceptors (Lipinski definition) is 7. The highest BCUT2D eigenvalue weighted by Gasteiger charge is 2.30. The van der Waals surface area contributed by atoms with Gasteiger partial charge in [-0.3, -0.25) is 0 Å². The first kappa shape index (κ1) is 19.1. The van der Waals surface area contributed by atoms with Crippen LogP contribution in [0.1, 0.15) is 25.2 Å². The van der Waals surface area contributed by atoms with Gasteiger partial charge in [0.25, 0.3) is 0 Å². The summed E-state index contributed by atoms with van der Waals surface area (Å²) in [5, 5.41) is 13.1. The predicted molar refractivity (Wildman–Crippen MR) is 104 cm³/mol. The zero-order chi connectivity index (χ0) is 21.0. The molecule has 5 rings (SSSR count). The van der Waals surface area contributed by atoms with Gasteiger partial charge in [-0.25, -0.2) is 23.7 Å². The van der Waals surface area contributed by atoms with Crippen molar-refractivity contribution in [3.05, 3.63) is 29.7 Å². The molecule has 0 bridgehead atoms. The molecule has 2 aromatic heterocycles. The maximum atomic E-state index is 14.9. The van der Waals surface area contributed by atoms with E-state index in [-0.39, 0.29) is 41.4 Å². The lowest BCUT2D eigenvalue weighted by atomic mass is 10.1. The van der Waals surface area contributed by atoms with Crippen LogP contribution in [0.3, 0.4) is 0 Å². The number of aromatic nitrogens is 4. The number of imidazole rings is 1. The molecule has 158 valence electrons. The fourth-order valence-corrected chi connectivity index (χ4v) is 4.14. The number of anilines is 1. The predicted octanol–water partition coefficient (Wildman–Crippen LogP) is 2.60. The highest BCUT2D eigenvalue weighted by Crippen LogP contribution is 2.42. The summed E-state index contributed by atoms with van der Waals surface area (Å²) in [6, 6.07) is 0.846. The Morgan fingerprint density at radius 3 is 2.87 bits per heavy atom. The molecule has 3 atom stereocenters. The van der Waals surface area contributed by atoms with E-state index in [9.17, 15) is 13.9 Å². The van der Waals surface area contributed by atoms with Gasteiger partial charge in [0.2, 0.25) is 5.95 Å². The molecule has 0 spiro atoms. The van der Waals surface area contributed by atoms with Crippen LogP contribution in [0.15, 0.2) is 12.3 Å². The standard InChI is InChI=1S/C20H21F2N5O3/c1-9-7-30-19-11(5-12(21)17-18(19)27(9)10(2)24-17)16-13(22)6-23-20(26-16)25-14-3-4-29-8-15(14)28/h5-6,9,14-15,28H,3-4,7-8H2,1-2H3,(H,23,25,26)/t9-,14-,15-/m1/s1. The summed E-state index contributed by atoms with van der Waals surface area (Å²) < 4.78 is 42.6. The minimum absolute atomic E-state index is 0.0281.